The minimum atomic E-state index is -1.57. The van der Waals surface area contributed by atoms with E-state index in [-0.39, 0.29) is 53.0 Å². The molecule has 0 radical (unpaired) electrons. The van der Waals surface area contributed by atoms with E-state index < -0.39 is 67.5 Å². The highest BCUT2D eigenvalue weighted by Crippen LogP contribution is 2.68. The number of ether oxygens (including phenoxy) is 4. The summed E-state index contributed by atoms with van der Waals surface area (Å²) in [6.45, 7) is 12.6. The molecule has 2 aliphatic heterocycles. The Morgan fingerprint density at radius 2 is 1.47 bits per heavy atom. The van der Waals surface area contributed by atoms with Gasteiger partial charge in [-0.1, -0.05) is 34.6 Å². The smallest absolute Gasteiger partial charge is 0.219 e. The number of ketones is 1. The Hall–Kier alpha value is -1.30. The highest BCUT2D eigenvalue weighted by molar-refractivity contribution is 5.81. The third kappa shape index (κ3) is 9.03. The molecule has 6 fully saturated rings. The quantitative estimate of drug-likeness (QED) is 0.118. The third-order valence-corrected chi connectivity index (χ3v) is 16.0. The second kappa shape index (κ2) is 18.4. The molecule has 0 spiro atoms. The molecule has 14 nitrogen and oxygen atoms in total. The Labute approximate surface area is 338 Å². The van der Waals surface area contributed by atoms with E-state index >= 15 is 0 Å². The van der Waals surface area contributed by atoms with Crippen LogP contribution in [-0.4, -0.2) is 134 Å². The standard InChI is InChI=1S/C43H73NO13/c1-7-8-32(47)44-19-21(2)9-12-29(45)22(3)33-30(46)18-28-26-11-10-24-17-25(13-15-42(24,5)27(26)14-16-43(28,33)6)56-41-39(53)37(51)35(49)31(57-41)20-54-40-38(52)36(50)34(48)23(4)55-40/h21-28,30-31,33-41,46,48-53H,7-20H2,1-6H3,(H,44,47). The van der Waals surface area contributed by atoms with Gasteiger partial charge in [-0.2, -0.15) is 0 Å². The van der Waals surface area contributed by atoms with Crippen molar-refractivity contribution in [3.8, 4) is 0 Å². The summed E-state index contributed by atoms with van der Waals surface area (Å²) >= 11 is 0. The zero-order valence-corrected chi connectivity index (χ0v) is 34.9. The molecule has 21 unspecified atom stereocenters. The van der Waals surface area contributed by atoms with Gasteiger partial charge in [-0.3, -0.25) is 9.59 Å². The Balaban J connectivity index is 1.03. The van der Waals surface area contributed by atoms with Gasteiger partial charge in [0.2, 0.25) is 5.91 Å². The first kappa shape index (κ1) is 45.2. The highest BCUT2D eigenvalue weighted by Gasteiger charge is 2.63. The van der Waals surface area contributed by atoms with Gasteiger partial charge < -0.3 is 60.0 Å². The minimum absolute atomic E-state index is 0.0555. The maximum absolute atomic E-state index is 13.6. The zero-order chi connectivity index (χ0) is 41.6. The summed E-state index contributed by atoms with van der Waals surface area (Å²) in [4.78, 5) is 25.6. The molecule has 14 heteroatoms. The molecule has 2 heterocycles. The van der Waals surface area contributed by atoms with Gasteiger partial charge in [0, 0.05) is 25.3 Å². The molecule has 4 saturated carbocycles. The van der Waals surface area contributed by atoms with Crippen LogP contribution in [0.25, 0.3) is 0 Å². The van der Waals surface area contributed by atoms with Gasteiger partial charge in [0.05, 0.1) is 24.9 Å². The number of aliphatic hydroxyl groups excluding tert-OH is 7. The molecule has 0 aromatic rings. The number of amides is 1. The molecule has 1 amide bonds. The number of fused-ring (bicyclic) bond motifs is 5. The van der Waals surface area contributed by atoms with Gasteiger partial charge in [-0.05, 0) is 117 Å². The van der Waals surface area contributed by atoms with Crippen LogP contribution >= 0.6 is 0 Å². The molecule has 4 aliphatic carbocycles. The van der Waals surface area contributed by atoms with E-state index in [1.165, 1.54) is 6.92 Å². The molecule has 57 heavy (non-hydrogen) atoms. The zero-order valence-electron chi connectivity index (χ0n) is 34.9. The Morgan fingerprint density at radius 3 is 2.19 bits per heavy atom. The monoisotopic (exact) mass is 812 g/mol. The average Bonchev–Trinajstić information content (AvgIpc) is 3.46. The van der Waals surface area contributed by atoms with Gasteiger partial charge in [0.15, 0.2) is 12.6 Å². The van der Waals surface area contributed by atoms with E-state index in [2.05, 4.69) is 26.1 Å². The number of aliphatic hydroxyl groups is 7. The van der Waals surface area contributed by atoms with E-state index in [4.69, 9.17) is 18.9 Å². The Kier molecular flexibility index (Phi) is 14.6. The molecule has 8 N–H and O–H groups in total. The molecule has 2 saturated heterocycles. The molecule has 21 atom stereocenters. The first-order valence-corrected chi connectivity index (χ1v) is 22.0. The lowest BCUT2D eigenvalue weighted by molar-refractivity contribution is -0.336. The second-order valence-corrected chi connectivity index (χ2v) is 19.5. The molecule has 328 valence electrons. The summed E-state index contributed by atoms with van der Waals surface area (Å²) in [7, 11) is 0. The third-order valence-electron chi connectivity index (χ3n) is 16.0. The van der Waals surface area contributed by atoms with Crippen LogP contribution < -0.4 is 5.32 Å². The Morgan fingerprint density at radius 1 is 0.789 bits per heavy atom. The van der Waals surface area contributed by atoms with Crippen LogP contribution in [-0.2, 0) is 28.5 Å². The number of rotatable bonds is 14. The summed E-state index contributed by atoms with van der Waals surface area (Å²) in [5.74, 6) is 1.86. The number of carbonyl (C=O) groups excluding carboxylic acids is 2. The molecule has 0 bridgehead atoms. The van der Waals surface area contributed by atoms with E-state index in [0.717, 1.165) is 64.2 Å². The Bertz CT molecular complexity index is 1370. The molecule has 0 aromatic carbocycles. The van der Waals surface area contributed by atoms with Gasteiger partial charge >= 0.3 is 0 Å². The fraction of sp³-hybridized carbons (Fsp3) is 0.953. The lowest BCUT2D eigenvalue weighted by atomic mass is 9.44. The van der Waals surface area contributed by atoms with E-state index in [1.54, 1.807) is 0 Å². The molecule has 6 rings (SSSR count). The molecule has 0 aromatic heterocycles. The predicted octanol–water partition coefficient (Wildman–Crippen LogP) is 2.19. The maximum Gasteiger partial charge on any atom is 0.219 e. The van der Waals surface area contributed by atoms with Crippen LogP contribution in [0.4, 0.5) is 0 Å². The first-order chi connectivity index (χ1) is 26.9. The summed E-state index contributed by atoms with van der Waals surface area (Å²) in [6.07, 6.45) is -4.36. The van der Waals surface area contributed by atoms with Crippen LogP contribution in [0.5, 0.6) is 0 Å². The molecule has 6 aliphatic rings. The fourth-order valence-corrected chi connectivity index (χ4v) is 12.5. The van der Waals surface area contributed by atoms with E-state index in [0.29, 0.717) is 43.1 Å². The number of Topliss-reactive ketones (excluding diaryl/α,β-unsaturated/α-hetero) is 1. The maximum atomic E-state index is 13.6. The molecular formula is C43H73NO13. The van der Waals surface area contributed by atoms with Gasteiger partial charge in [-0.25, -0.2) is 0 Å². The lowest BCUT2D eigenvalue weighted by Gasteiger charge is -2.61. The van der Waals surface area contributed by atoms with Gasteiger partial charge in [0.25, 0.3) is 0 Å². The topological polar surface area (TPSA) is 225 Å². The molecular weight excluding hydrogens is 738 g/mol. The second-order valence-electron chi connectivity index (χ2n) is 19.5. The lowest BCUT2D eigenvalue weighted by Crippen LogP contribution is -2.61. The summed E-state index contributed by atoms with van der Waals surface area (Å²) in [5.41, 5.74) is -0.0367. The summed E-state index contributed by atoms with van der Waals surface area (Å²) in [6, 6.07) is 0. The number of hydrogen-bond acceptors (Lipinski definition) is 13. The average molecular weight is 812 g/mol. The van der Waals surface area contributed by atoms with Crippen molar-refractivity contribution in [1.29, 1.82) is 0 Å². The largest absolute Gasteiger partial charge is 0.393 e. The van der Waals surface area contributed by atoms with Crippen LogP contribution in [0, 0.1) is 52.3 Å². The van der Waals surface area contributed by atoms with E-state index in [9.17, 15) is 45.3 Å². The van der Waals surface area contributed by atoms with Crippen molar-refractivity contribution in [2.75, 3.05) is 13.2 Å². The normalized spacial score (nSPS) is 48.3. The van der Waals surface area contributed by atoms with Crippen molar-refractivity contribution in [3.63, 3.8) is 0 Å². The van der Waals surface area contributed by atoms with Crippen molar-refractivity contribution >= 4 is 11.7 Å². The van der Waals surface area contributed by atoms with Crippen LogP contribution in [0.1, 0.15) is 119 Å². The highest BCUT2D eigenvalue weighted by atomic mass is 16.7. The van der Waals surface area contributed by atoms with Gasteiger partial charge in [-0.15, -0.1) is 0 Å². The van der Waals surface area contributed by atoms with E-state index in [1.807, 2.05) is 13.8 Å². The summed E-state index contributed by atoms with van der Waals surface area (Å²) in [5, 5.41) is 77.5. The number of hydrogen-bond donors (Lipinski definition) is 8. The van der Waals surface area contributed by atoms with Crippen LogP contribution in [0.3, 0.4) is 0 Å². The first-order valence-electron chi connectivity index (χ1n) is 22.0. The summed E-state index contributed by atoms with van der Waals surface area (Å²) < 4.78 is 23.5. The van der Waals surface area contributed by atoms with Crippen molar-refractivity contribution in [2.45, 2.75) is 192 Å². The van der Waals surface area contributed by atoms with Crippen molar-refractivity contribution in [1.82, 2.24) is 5.32 Å². The van der Waals surface area contributed by atoms with Crippen molar-refractivity contribution in [2.24, 2.45) is 52.3 Å². The van der Waals surface area contributed by atoms with Gasteiger partial charge in [0.1, 0.15) is 48.5 Å². The van der Waals surface area contributed by atoms with Crippen molar-refractivity contribution in [3.05, 3.63) is 0 Å². The number of nitrogens with one attached hydrogen (secondary N) is 1. The minimum Gasteiger partial charge on any atom is -0.393 e. The SMILES string of the molecule is CCCC(=O)NCC(C)CCC(=O)C(C)C1C(O)CC2C3CCC4CC(OC5OC(COC6OC(C)C(O)C(O)C6O)C(O)C(O)C5O)CCC4(C)C3CCC21C. The predicted molar refractivity (Wildman–Crippen MR) is 207 cm³/mol. The van der Waals surface area contributed by atoms with Crippen molar-refractivity contribution < 1.29 is 64.3 Å². The number of carbonyl (C=O) groups is 2. The van der Waals surface area contributed by atoms with Crippen LogP contribution in [0.15, 0.2) is 0 Å². The fourth-order valence-electron chi connectivity index (χ4n) is 12.5. The van der Waals surface area contributed by atoms with Crippen LogP contribution in [0.2, 0.25) is 0 Å².